The monoisotopic (exact) mass is 400 g/mol. The molecule has 7 nitrogen and oxygen atoms in total. The minimum atomic E-state index is -0.319. The van der Waals surface area contributed by atoms with Crippen LogP contribution in [0.5, 0.6) is 5.75 Å². The van der Waals surface area contributed by atoms with Crippen molar-refractivity contribution in [1.82, 2.24) is 20.1 Å². The van der Waals surface area contributed by atoms with Crippen LogP contribution in [0, 0.1) is 0 Å². The van der Waals surface area contributed by atoms with Crippen molar-refractivity contribution in [1.29, 1.82) is 0 Å². The molecule has 3 rings (SSSR count). The van der Waals surface area contributed by atoms with Gasteiger partial charge in [-0.05, 0) is 57.2 Å². The maximum atomic E-state index is 12.4. The number of ether oxygens (including phenoxy) is 1. The SMILES string of the molecule is COc1ccc(-c2nnc(S[C@@H](C)C(=O)NCc3ccco3)n2C(C)C)cc1. The molecule has 1 amide bonds. The zero-order valence-corrected chi connectivity index (χ0v) is 17.2. The molecule has 1 atom stereocenters. The van der Waals surface area contributed by atoms with E-state index in [0.29, 0.717) is 11.7 Å². The predicted molar refractivity (Wildman–Crippen MR) is 108 cm³/mol. The van der Waals surface area contributed by atoms with Crippen molar-refractivity contribution in [2.45, 2.75) is 43.8 Å². The fraction of sp³-hybridized carbons (Fsp3) is 0.350. The molecule has 2 aromatic heterocycles. The van der Waals surface area contributed by atoms with Crippen molar-refractivity contribution in [3.63, 3.8) is 0 Å². The summed E-state index contributed by atoms with van der Waals surface area (Å²) >= 11 is 1.39. The van der Waals surface area contributed by atoms with E-state index in [0.717, 1.165) is 22.9 Å². The van der Waals surface area contributed by atoms with Crippen LogP contribution in [0.1, 0.15) is 32.6 Å². The number of carbonyl (C=O) groups excluding carboxylic acids is 1. The van der Waals surface area contributed by atoms with Crippen molar-refractivity contribution >= 4 is 17.7 Å². The van der Waals surface area contributed by atoms with E-state index in [1.54, 1.807) is 19.4 Å². The van der Waals surface area contributed by atoms with Gasteiger partial charge in [-0.25, -0.2) is 0 Å². The van der Waals surface area contributed by atoms with Crippen molar-refractivity contribution in [2.24, 2.45) is 0 Å². The van der Waals surface area contributed by atoms with Gasteiger partial charge in [0.15, 0.2) is 11.0 Å². The maximum Gasteiger partial charge on any atom is 0.233 e. The lowest BCUT2D eigenvalue weighted by atomic mass is 10.2. The fourth-order valence-electron chi connectivity index (χ4n) is 2.70. The molecular formula is C20H24N4O3S. The number of amides is 1. The zero-order chi connectivity index (χ0) is 20.1. The Labute approximate surface area is 168 Å². The molecule has 148 valence electrons. The first-order valence-electron chi connectivity index (χ1n) is 9.05. The summed E-state index contributed by atoms with van der Waals surface area (Å²) in [5.41, 5.74) is 0.948. The summed E-state index contributed by atoms with van der Waals surface area (Å²) < 4.78 is 12.5. The van der Waals surface area contributed by atoms with E-state index < -0.39 is 0 Å². The Hall–Kier alpha value is -2.74. The van der Waals surface area contributed by atoms with Gasteiger partial charge in [0.1, 0.15) is 11.5 Å². The molecule has 1 aromatic carbocycles. The molecule has 0 radical (unpaired) electrons. The van der Waals surface area contributed by atoms with Crippen molar-refractivity contribution in [2.75, 3.05) is 7.11 Å². The normalized spacial score (nSPS) is 12.2. The molecular weight excluding hydrogens is 376 g/mol. The molecule has 0 aliphatic carbocycles. The summed E-state index contributed by atoms with van der Waals surface area (Å²) in [7, 11) is 1.64. The third kappa shape index (κ3) is 4.56. The van der Waals surface area contributed by atoms with Gasteiger partial charge in [0.25, 0.3) is 0 Å². The molecule has 0 bridgehead atoms. The second kappa shape index (κ2) is 8.97. The highest BCUT2D eigenvalue weighted by Gasteiger charge is 2.22. The molecule has 0 saturated carbocycles. The summed E-state index contributed by atoms with van der Waals surface area (Å²) in [5.74, 6) is 2.20. The summed E-state index contributed by atoms with van der Waals surface area (Å²) in [6.45, 7) is 6.36. The number of carbonyl (C=O) groups is 1. The third-order valence-electron chi connectivity index (χ3n) is 4.20. The molecule has 2 heterocycles. The maximum absolute atomic E-state index is 12.4. The summed E-state index contributed by atoms with van der Waals surface area (Å²) in [5, 5.41) is 12.0. The standard InChI is InChI=1S/C20H24N4O3S/c1-13(2)24-18(15-7-9-16(26-4)10-8-15)22-23-20(24)28-14(3)19(25)21-12-17-6-5-11-27-17/h5-11,13-14H,12H2,1-4H3,(H,21,25)/t14-/m0/s1. The second-order valence-electron chi connectivity index (χ2n) is 6.56. The van der Waals surface area contributed by atoms with E-state index in [9.17, 15) is 4.79 Å². The summed E-state index contributed by atoms with van der Waals surface area (Å²) in [6.07, 6.45) is 1.59. The second-order valence-corrected chi connectivity index (χ2v) is 7.86. The van der Waals surface area contributed by atoms with Crippen LogP contribution < -0.4 is 10.1 Å². The van der Waals surface area contributed by atoms with E-state index in [4.69, 9.17) is 9.15 Å². The van der Waals surface area contributed by atoms with E-state index in [1.807, 2.05) is 41.8 Å². The molecule has 0 unspecified atom stereocenters. The van der Waals surface area contributed by atoms with Crippen molar-refractivity contribution < 1.29 is 13.9 Å². The van der Waals surface area contributed by atoms with Gasteiger partial charge in [0.2, 0.25) is 5.91 Å². The number of rotatable bonds is 8. The van der Waals surface area contributed by atoms with Crippen LogP contribution in [0.15, 0.2) is 52.2 Å². The Bertz CT molecular complexity index is 904. The molecule has 0 fully saturated rings. The van der Waals surface area contributed by atoms with Gasteiger partial charge >= 0.3 is 0 Å². The van der Waals surface area contributed by atoms with Gasteiger partial charge in [-0.15, -0.1) is 10.2 Å². The van der Waals surface area contributed by atoms with Crippen molar-refractivity contribution in [3.8, 4) is 17.1 Å². The first kappa shape index (κ1) is 20.0. The fourth-order valence-corrected chi connectivity index (χ4v) is 3.71. The van der Waals surface area contributed by atoms with Gasteiger partial charge in [0.05, 0.1) is 25.2 Å². The molecule has 0 spiro atoms. The van der Waals surface area contributed by atoms with Crippen LogP contribution >= 0.6 is 11.8 Å². The highest BCUT2D eigenvalue weighted by atomic mass is 32.2. The lowest BCUT2D eigenvalue weighted by molar-refractivity contribution is -0.120. The van der Waals surface area contributed by atoms with Crippen molar-refractivity contribution in [3.05, 3.63) is 48.4 Å². The Morgan fingerprint density at radius 3 is 2.57 bits per heavy atom. The highest BCUT2D eigenvalue weighted by molar-refractivity contribution is 8.00. The molecule has 0 aliphatic heterocycles. The van der Waals surface area contributed by atoms with Crippen LogP contribution in [0.2, 0.25) is 0 Å². The van der Waals surface area contributed by atoms with Crippen LogP contribution in [0.3, 0.4) is 0 Å². The number of hydrogen-bond donors (Lipinski definition) is 1. The smallest absolute Gasteiger partial charge is 0.233 e. The average Bonchev–Trinajstić information content (AvgIpc) is 3.36. The van der Waals surface area contributed by atoms with Crippen LogP contribution in [-0.2, 0) is 11.3 Å². The van der Waals surface area contributed by atoms with Gasteiger partial charge in [-0.1, -0.05) is 11.8 Å². The number of aromatic nitrogens is 3. The molecule has 1 N–H and O–H groups in total. The Morgan fingerprint density at radius 2 is 1.96 bits per heavy atom. The number of benzene rings is 1. The topological polar surface area (TPSA) is 82.2 Å². The average molecular weight is 401 g/mol. The Balaban J connectivity index is 1.74. The molecule has 8 heteroatoms. The quantitative estimate of drug-likeness (QED) is 0.577. The van der Waals surface area contributed by atoms with Crippen LogP contribution in [0.4, 0.5) is 0 Å². The van der Waals surface area contributed by atoms with Gasteiger partial charge < -0.3 is 14.5 Å². The molecule has 0 saturated heterocycles. The van der Waals surface area contributed by atoms with Crippen LogP contribution in [0.25, 0.3) is 11.4 Å². The zero-order valence-electron chi connectivity index (χ0n) is 16.4. The minimum absolute atomic E-state index is 0.0781. The Morgan fingerprint density at radius 1 is 1.21 bits per heavy atom. The van der Waals surface area contributed by atoms with E-state index in [2.05, 4.69) is 29.4 Å². The largest absolute Gasteiger partial charge is 0.497 e. The first-order chi connectivity index (χ1) is 13.5. The Kier molecular flexibility index (Phi) is 6.41. The number of thioether (sulfide) groups is 1. The summed E-state index contributed by atoms with van der Waals surface area (Å²) in [4.78, 5) is 12.4. The van der Waals surface area contributed by atoms with Gasteiger partial charge in [0, 0.05) is 11.6 Å². The van der Waals surface area contributed by atoms with E-state index >= 15 is 0 Å². The lowest BCUT2D eigenvalue weighted by Gasteiger charge is -2.16. The highest BCUT2D eigenvalue weighted by Crippen LogP contribution is 2.30. The summed E-state index contributed by atoms with van der Waals surface area (Å²) in [6, 6.07) is 11.5. The first-order valence-corrected chi connectivity index (χ1v) is 9.93. The van der Waals surface area contributed by atoms with Gasteiger partial charge in [-0.2, -0.15) is 0 Å². The van der Waals surface area contributed by atoms with E-state index in [1.165, 1.54) is 11.8 Å². The van der Waals surface area contributed by atoms with Gasteiger partial charge in [-0.3, -0.25) is 9.36 Å². The van der Waals surface area contributed by atoms with Crippen LogP contribution in [-0.4, -0.2) is 33.0 Å². The lowest BCUT2D eigenvalue weighted by Crippen LogP contribution is -2.30. The third-order valence-corrected chi connectivity index (χ3v) is 5.25. The molecule has 3 aromatic rings. The minimum Gasteiger partial charge on any atom is -0.497 e. The predicted octanol–water partition coefficient (Wildman–Crippen LogP) is 3.92. The number of hydrogen-bond acceptors (Lipinski definition) is 6. The number of nitrogens with one attached hydrogen (secondary N) is 1. The number of methoxy groups -OCH3 is 1. The molecule has 0 aliphatic rings. The number of nitrogens with zero attached hydrogens (tertiary/aromatic N) is 3. The number of furan rings is 1. The molecule has 28 heavy (non-hydrogen) atoms. The van der Waals surface area contributed by atoms with E-state index in [-0.39, 0.29) is 17.2 Å².